The number of fused-ring (bicyclic) bond motifs is 3. The van der Waals surface area contributed by atoms with Gasteiger partial charge in [0.2, 0.25) is 5.91 Å². The van der Waals surface area contributed by atoms with Crippen molar-refractivity contribution in [3.63, 3.8) is 0 Å². The Balaban J connectivity index is 1.34. The van der Waals surface area contributed by atoms with Gasteiger partial charge in [-0.1, -0.05) is 36.4 Å². The summed E-state index contributed by atoms with van der Waals surface area (Å²) in [5.41, 5.74) is 7.13. The first-order chi connectivity index (χ1) is 19.6. The van der Waals surface area contributed by atoms with E-state index in [1.807, 2.05) is 49.6 Å². The third-order valence-electron chi connectivity index (χ3n) is 6.87. The Morgan fingerprint density at radius 2 is 1.82 bits per heavy atom. The van der Waals surface area contributed by atoms with Crippen molar-refractivity contribution in [3.8, 4) is 22.6 Å². The molecule has 0 atom stereocenters. The second-order valence-electron chi connectivity index (χ2n) is 9.85. The normalized spacial score (nSPS) is 14.3. The molecule has 3 aromatic carbocycles. The summed E-state index contributed by atoms with van der Waals surface area (Å²) in [6.45, 7) is 4.85. The lowest BCUT2D eigenvalue weighted by Gasteiger charge is -2.23. The molecular weight excluding hydrogens is 504 g/mol. The molecule has 8 nitrogen and oxygen atoms in total. The van der Waals surface area contributed by atoms with E-state index in [1.54, 1.807) is 7.11 Å². The topological polar surface area (TPSA) is 85.8 Å². The van der Waals surface area contributed by atoms with Crippen molar-refractivity contribution in [2.45, 2.75) is 19.9 Å². The zero-order valence-corrected chi connectivity index (χ0v) is 22.9. The summed E-state index contributed by atoms with van der Waals surface area (Å²) in [6.07, 6.45) is 5.87. The first-order valence-corrected chi connectivity index (χ1v) is 13.4. The van der Waals surface area contributed by atoms with Crippen LogP contribution in [0.3, 0.4) is 0 Å². The third kappa shape index (κ3) is 7.22. The predicted octanol–water partition coefficient (Wildman–Crippen LogP) is 4.90. The van der Waals surface area contributed by atoms with E-state index in [9.17, 15) is 4.79 Å². The first-order valence-electron chi connectivity index (χ1n) is 13.4. The maximum Gasteiger partial charge on any atom is 0.238 e. The maximum absolute atomic E-state index is 13.1. The zero-order chi connectivity index (χ0) is 27.7. The van der Waals surface area contributed by atoms with E-state index in [2.05, 4.69) is 50.5 Å². The number of aryl methyl sites for hydroxylation is 1. The SMILES string of the molecule is COc1ccc(C)c(NC(=O)CN2CCOCCOc3ccc(-c4cncnc4)cc3Cc3cccc(c3)C2)c1. The molecule has 0 spiro atoms. The van der Waals surface area contributed by atoms with Gasteiger partial charge in [0.05, 0.1) is 26.9 Å². The Morgan fingerprint density at radius 3 is 2.67 bits per heavy atom. The van der Waals surface area contributed by atoms with Gasteiger partial charge in [0.25, 0.3) is 0 Å². The molecule has 1 amide bonds. The summed E-state index contributed by atoms with van der Waals surface area (Å²) in [5, 5.41) is 3.04. The number of anilines is 1. The Hall–Kier alpha value is -4.27. The number of carbonyl (C=O) groups is 1. The Labute approximate surface area is 234 Å². The molecule has 1 aromatic heterocycles. The van der Waals surface area contributed by atoms with Crippen molar-refractivity contribution >= 4 is 11.6 Å². The molecule has 0 radical (unpaired) electrons. The Bertz CT molecular complexity index is 1440. The lowest BCUT2D eigenvalue weighted by molar-refractivity contribution is -0.117. The van der Waals surface area contributed by atoms with E-state index in [-0.39, 0.29) is 12.5 Å². The van der Waals surface area contributed by atoms with Crippen LogP contribution in [0.5, 0.6) is 11.5 Å². The summed E-state index contributed by atoms with van der Waals surface area (Å²) < 4.78 is 17.3. The zero-order valence-electron chi connectivity index (χ0n) is 22.9. The number of methoxy groups -OCH3 is 1. The maximum atomic E-state index is 13.1. The number of nitrogens with one attached hydrogen (secondary N) is 1. The van der Waals surface area contributed by atoms with Gasteiger partial charge < -0.3 is 19.5 Å². The van der Waals surface area contributed by atoms with Crippen LogP contribution in [0.25, 0.3) is 11.1 Å². The summed E-state index contributed by atoms with van der Waals surface area (Å²) in [5.74, 6) is 1.47. The number of hydrogen-bond donors (Lipinski definition) is 1. The van der Waals surface area contributed by atoms with Gasteiger partial charge in [0, 0.05) is 49.2 Å². The number of carbonyl (C=O) groups excluding carboxylic acids is 1. The molecule has 40 heavy (non-hydrogen) atoms. The Morgan fingerprint density at radius 1 is 0.975 bits per heavy atom. The highest BCUT2D eigenvalue weighted by atomic mass is 16.5. The van der Waals surface area contributed by atoms with Crippen LogP contribution >= 0.6 is 0 Å². The first kappa shape index (κ1) is 27.3. The van der Waals surface area contributed by atoms with Crippen molar-refractivity contribution < 1.29 is 19.0 Å². The number of aromatic nitrogens is 2. The summed E-state index contributed by atoms with van der Waals surface area (Å²) in [4.78, 5) is 23.5. The molecule has 0 saturated heterocycles. The smallest absolute Gasteiger partial charge is 0.238 e. The van der Waals surface area contributed by atoms with Gasteiger partial charge in [-0.05, 0) is 52.9 Å². The van der Waals surface area contributed by atoms with Crippen LogP contribution in [0.2, 0.25) is 0 Å². The summed E-state index contributed by atoms with van der Waals surface area (Å²) >= 11 is 0. The highest BCUT2D eigenvalue weighted by molar-refractivity contribution is 5.93. The third-order valence-corrected chi connectivity index (χ3v) is 6.87. The molecule has 0 saturated carbocycles. The fraction of sp³-hybridized carbons (Fsp3) is 0.281. The van der Waals surface area contributed by atoms with Crippen LogP contribution in [-0.2, 0) is 22.5 Å². The minimum absolute atomic E-state index is 0.0803. The lowest BCUT2D eigenvalue weighted by atomic mass is 9.98. The van der Waals surface area contributed by atoms with Crippen molar-refractivity contribution in [2.24, 2.45) is 0 Å². The number of nitrogens with zero attached hydrogens (tertiary/aromatic N) is 3. The number of amides is 1. The van der Waals surface area contributed by atoms with Crippen LogP contribution < -0.4 is 14.8 Å². The van der Waals surface area contributed by atoms with E-state index in [4.69, 9.17) is 14.2 Å². The highest BCUT2D eigenvalue weighted by Crippen LogP contribution is 2.29. The van der Waals surface area contributed by atoms with Gasteiger partial charge in [0.1, 0.15) is 24.4 Å². The molecule has 1 aliphatic rings. The molecule has 5 rings (SSSR count). The van der Waals surface area contributed by atoms with Crippen LogP contribution in [-0.4, -0.2) is 60.8 Å². The minimum Gasteiger partial charge on any atom is -0.497 e. The lowest BCUT2D eigenvalue weighted by Crippen LogP contribution is -2.35. The molecular formula is C32H34N4O4. The molecule has 1 N–H and O–H groups in total. The second-order valence-corrected chi connectivity index (χ2v) is 9.85. The van der Waals surface area contributed by atoms with E-state index in [0.717, 1.165) is 39.3 Å². The fourth-order valence-corrected chi connectivity index (χ4v) is 4.78. The second kappa shape index (κ2) is 13.2. The van der Waals surface area contributed by atoms with Gasteiger partial charge in [-0.3, -0.25) is 9.69 Å². The largest absolute Gasteiger partial charge is 0.497 e. The van der Waals surface area contributed by atoms with Crippen LogP contribution in [0.4, 0.5) is 5.69 Å². The monoisotopic (exact) mass is 538 g/mol. The molecule has 2 bridgehead atoms. The van der Waals surface area contributed by atoms with E-state index >= 15 is 0 Å². The minimum atomic E-state index is -0.0803. The summed E-state index contributed by atoms with van der Waals surface area (Å²) in [7, 11) is 1.62. The predicted molar refractivity (Wildman–Crippen MR) is 155 cm³/mol. The molecule has 4 aromatic rings. The van der Waals surface area contributed by atoms with Crippen LogP contribution in [0, 0.1) is 6.92 Å². The van der Waals surface area contributed by atoms with Gasteiger partial charge in [-0.15, -0.1) is 0 Å². The van der Waals surface area contributed by atoms with E-state index < -0.39 is 0 Å². The molecule has 0 aliphatic carbocycles. The average molecular weight is 539 g/mol. The number of benzene rings is 3. The number of ether oxygens (including phenoxy) is 3. The van der Waals surface area contributed by atoms with Crippen molar-refractivity contribution in [3.05, 3.63) is 102 Å². The van der Waals surface area contributed by atoms with E-state index in [0.29, 0.717) is 45.1 Å². The molecule has 1 aliphatic heterocycles. The molecule has 0 fully saturated rings. The molecule has 0 unspecified atom stereocenters. The average Bonchev–Trinajstić information content (AvgIpc) is 2.97. The van der Waals surface area contributed by atoms with Crippen LogP contribution in [0.15, 0.2) is 79.4 Å². The standard InChI is InChI=1S/C32H34N4O4/c1-23-6-8-29(38-2)17-30(23)35-32(37)21-36-10-11-39-12-13-40-31-9-7-26(28-18-33-22-34-19-28)16-27(31)15-24-4-3-5-25(14-24)20-36/h3-9,14,16-19,22H,10-13,15,20-21H2,1-2H3,(H,35,37). The molecule has 206 valence electrons. The van der Waals surface area contributed by atoms with Crippen molar-refractivity contribution in [2.75, 3.05) is 45.3 Å². The fourth-order valence-electron chi connectivity index (χ4n) is 4.78. The summed E-state index contributed by atoms with van der Waals surface area (Å²) in [6, 6.07) is 20.4. The van der Waals surface area contributed by atoms with Crippen molar-refractivity contribution in [1.29, 1.82) is 0 Å². The quantitative estimate of drug-likeness (QED) is 0.387. The number of rotatable bonds is 5. The van der Waals surface area contributed by atoms with E-state index in [1.165, 1.54) is 11.9 Å². The van der Waals surface area contributed by atoms with Gasteiger partial charge >= 0.3 is 0 Å². The van der Waals surface area contributed by atoms with Gasteiger partial charge in [-0.2, -0.15) is 0 Å². The van der Waals surface area contributed by atoms with Gasteiger partial charge in [-0.25, -0.2) is 9.97 Å². The highest BCUT2D eigenvalue weighted by Gasteiger charge is 2.15. The molecule has 8 heteroatoms. The molecule has 2 heterocycles. The van der Waals surface area contributed by atoms with Gasteiger partial charge in [0.15, 0.2) is 0 Å². The van der Waals surface area contributed by atoms with Crippen LogP contribution in [0.1, 0.15) is 22.3 Å². The number of hydrogen-bond acceptors (Lipinski definition) is 7. The van der Waals surface area contributed by atoms with Crippen molar-refractivity contribution in [1.82, 2.24) is 14.9 Å². The Kier molecular flexibility index (Phi) is 9.00.